The highest BCUT2D eigenvalue weighted by Gasteiger charge is 2.17. The van der Waals surface area contributed by atoms with E-state index < -0.39 is 0 Å². The van der Waals surface area contributed by atoms with Gasteiger partial charge in [0, 0.05) is 11.4 Å². The molecule has 0 aromatic heterocycles. The molecular formula is C14H20BrNO3. The zero-order valence-corrected chi connectivity index (χ0v) is 13.0. The van der Waals surface area contributed by atoms with Crippen LogP contribution in [0.15, 0.2) is 18.2 Å². The molecule has 1 aromatic rings. The average molecular weight is 330 g/mol. The molecule has 0 spiro atoms. The smallest absolute Gasteiger partial charge is 0.255 e. The lowest BCUT2D eigenvalue weighted by Gasteiger charge is -2.18. The van der Waals surface area contributed by atoms with Crippen LogP contribution in [0.3, 0.4) is 0 Å². The third-order valence-electron chi connectivity index (χ3n) is 2.73. The summed E-state index contributed by atoms with van der Waals surface area (Å²) < 4.78 is 5.06. The van der Waals surface area contributed by atoms with Crippen LogP contribution in [0, 0.1) is 5.92 Å². The monoisotopic (exact) mass is 329 g/mol. The fourth-order valence-electron chi connectivity index (χ4n) is 1.82. The van der Waals surface area contributed by atoms with E-state index in [1.165, 1.54) is 19.2 Å². The minimum absolute atomic E-state index is 0.0399. The van der Waals surface area contributed by atoms with Crippen LogP contribution >= 0.6 is 15.9 Å². The number of benzene rings is 1. The molecule has 0 bridgehead atoms. The number of ether oxygens (including phenoxy) is 1. The molecule has 1 atom stereocenters. The minimum atomic E-state index is -0.290. The molecule has 0 fully saturated rings. The summed E-state index contributed by atoms with van der Waals surface area (Å²) in [4.78, 5) is 12.1. The van der Waals surface area contributed by atoms with Gasteiger partial charge in [0.2, 0.25) is 0 Å². The van der Waals surface area contributed by atoms with Crippen molar-refractivity contribution in [3.63, 3.8) is 0 Å². The van der Waals surface area contributed by atoms with Gasteiger partial charge in [-0.3, -0.25) is 4.79 Å². The number of rotatable bonds is 6. The quantitative estimate of drug-likeness (QED) is 0.789. The molecule has 1 amide bonds. The Morgan fingerprint density at radius 2 is 2.16 bits per heavy atom. The van der Waals surface area contributed by atoms with E-state index in [4.69, 9.17) is 4.74 Å². The van der Waals surface area contributed by atoms with Gasteiger partial charge in [0.1, 0.15) is 11.5 Å². The van der Waals surface area contributed by atoms with E-state index in [1.54, 1.807) is 6.07 Å². The molecule has 0 radical (unpaired) electrons. The topological polar surface area (TPSA) is 58.6 Å². The van der Waals surface area contributed by atoms with E-state index in [9.17, 15) is 9.90 Å². The Morgan fingerprint density at radius 1 is 1.47 bits per heavy atom. The summed E-state index contributed by atoms with van der Waals surface area (Å²) in [6.07, 6.45) is 0.877. The summed E-state index contributed by atoms with van der Waals surface area (Å²) >= 11 is 3.39. The van der Waals surface area contributed by atoms with Crippen LogP contribution < -0.4 is 10.1 Å². The molecule has 2 N–H and O–H groups in total. The normalized spacial score (nSPS) is 12.3. The number of amides is 1. The number of hydrogen-bond donors (Lipinski definition) is 2. The molecule has 0 aliphatic heterocycles. The number of aromatic hydroxyl groups is 1. The maximum Gasteiger partial charge on any atom is 0.255 e. The fourth-order valence-corrected chi connectivity index (χ4v) is 2.24. The molecule has 106 valence electrons. The van der Waals surface area contributed by atoms with E-state index in [-0.39, 0.29) is 23.3 Å². The standard InChI is InChI=1S/C14H20BrNO3/c1-9(2)6-10(8-15)16-14(18)12-7-11(19-3)4-5-13(12)17/h4-5,7,9-10,17H,6,8H2,1-3H3,(H,16,18). The Labute approximate surface area is 122 Å². The number of phenolic OH excluding ortho intramolecular Hbond substituents is 1. The Hall–Kier alpha value is -1.23. The van der Waals surface area contributed by atoms with E-state index in [0.29, 0.717) is 17.0 Å². The molecule has 19 heavy (non-hydrogen) atoms. The van der Waals surface area contributed by atoms with Gasteiger partial charge in [0.15, 0.2) is 0 Å². The maximum atomic E-state index is 12.1. The van der Waals surface area contributed by atoms with Crippen molar-refractivity contribution in [2.24, 2.45) is 5.92 Å². The molecule has 5 heteroatoms. The minimum Gasteiger partial charge on any atom is -0.507 e. The Kier molecular flexibility index (Phi) is 6.15. The zero-order valence-electron chi connectivity index (χ0n) is 11.4. The predicted molar refractivity (Wildman–Crippen MR) is 79.2 cm³/mol. The Balaban J connectivity index is 2.81. The third-order valence-corrected chi connectivity index (χ3v) is 3.51. The molecule has 0 saturated heterocycles. The number of alkyl halides is 1. The second kappa shape index (κ2) is 7.38. The molecule has 0 heterocycles. The van der Waals surface area contributed by atoms with Crippen molar-refractivity contribution in [2.75, 3.05) is 12.4 Å². The second-order valence-corrected chi connectivity index (χ2v) is 5.48. The van der Waals surface area contributed by atoms with Gasteiger partial charge in [-0.1, -0.05) is 29.8 Å². The second-order valence-electron chi connectivity index (χ2n) is 4.84. The summed E-state index contributed by atoms with van der Waals surface area (Å²) in [7, 11) is 1.52. The van der Waals surface area contributed by atoms with Crippen LogP contribution in [0.4, 0.5) is 0 Å². The highest BCUT2D eigenvalue weighted by atomic mass is 79.9. The van der Waals surface area contributed by atoms with E-state index in [0.717, 1.165) is 6.42 Å². The van der Waals surface area contributed by atoms with Crippen LogP contribution in [0.2, 0.25) is 0 Å². The number of carbonyl (C=O) groups excluding carboxylic acids is 1. The molecular weight excluding hydrogens is 310 g/mol. The van der Waals surface area contributed by atoms with Crippen molar-refractivity contribution in [2.45, 2.75) is 26.3 Å². The number of methoxy groups -OCH3 is 1. The lowest BCUT2D eigenvalue weighted by molar-refractivity contribution is 0.0934. The summed E-state index contributed by atoms with van der Waals surface area (Å²) in [6, 6.07) is 4.64. The molecule has 4 nitrogen and oxygen atoms in total. The lowest BCUT2D eigenvalue weighted by atomic mass is 10.0. The van der Waals surface area contributed by atoms with Gasteiger partial charge in [-0.2, -0.15) is 0 Å². The van der Waals surface area contributed by atoms with Crippen LogP contribution in [0.25, 0.3) is 0 Å². The first kappa shape index (κ1) is 15.8. The van der Waals surface area contributed by atoms with Gasteiger partial charge in [0.05, 0.1) is 12.7 Å². The van der Waals surface area contributed by atoms with E-state index in [2.05, 4.69) is 35.1 Å². The first-order valence-electron chi connectivity index (χ1n) is 6.21. The van der Waals surface area contributed by atoms with E-state index in [1.807, 2.05) is 0 Å². The van der Waals surface area contributed by atoms with Gasteiger partial charge < -0.3 is 15.2 Å². The van der Waals surface area contributed by atoms with Crippen LogP contribution in [-0.4, -0.2) is 29.5 Å². The van der Waals surface area contributed by atoms with Crippen molar-refractivity contribution in [3.05, 3.63) is 23.8 Å². The van der Waals surface area contributed by atoms with Crippen LogP contribution in [0.1, 0.15) is 30.6 Å². The molecule has 1 unspecified atom stereocenters. The number of phenols is 1. The van der Waals surface area contributed by atoms with Gasteiger partial charge in [0.25, 0.3) is 5.91 Å². The van der Waals surface area contributed by atoms with Gasteiger partial charge in [-0.25, -0.2) is 0 Å². The number of halogens is 1. The number of hydrogen-bond acceptors (Lipinski definition) is 3. The third kappa shape index (κ3) is 4.74. The van der Waals surface area contributed by atoms with Crippen LogP contribution in [-0.2, 0) is 0 Å². The number of nitrogens with one attached hydrogen (secondary N) is 1. The van der Waals surface area contributed by atoms with Crippen molar-refractivity contribution in [1.82, 2.24) is 5.32 Å². The molecule has 1 aromatic carbocycles. The first-order valence-corrected chi connectivity index (χ1v) is 7.33. The largest absolute Gasteiger partial charge is 0.507 e. The highest BCUT2D eigenvalue weighted by Crippen LogP contribution is 2.23. The summed E-state index contributed by atoms with van der Waals surface area (Å²) in [5.74, 6) is 0.696. The summed E-state index contributed by atoms with van der Waals surface area (Å²) in [6.45, 7) is 4.20. The summed E-state index contributed by atoms with van der Waals surface area (Å²) in [5, 5.41) is 13.3. The van der Waals surface area contributed by atoms with Gasteiger partial charge in [-0.05, 0) is 30.5 Å². The first-order chi connectivity index (χ1) is 8.97. The lowest BCUT2D eigenvalue weighted by Crippen LogP contribution is -2.37. The van der Waals surface area contributed by atoms with Gasteiger partial charge in [-0.15, -0.1) is 0 Å². The van der Waals surface area contributed by atoms with Crippen molar-refractivity contribution in [3.8, 4) is 11.5 Å². The number of carbonyl (C=O) groups is 1. The predicted octanol–water partition coefficient (Wildman–Crippen LogP) is 2.94. The Morgan fingerprint density at radius 3 is 2.68 bits per heavy atom. The van der Waals surface area contributed by atoms with Gasteiger partial charge >= 0.3 is 0 Å². The van der Waals surface area contributed by atoms with Crippen molar-refractivity contribution >= 4 is 21.8 Å². The Bertz CT molecular complexity index is 435. The SMILES string of the molecule is COc1ccc(O)c(C(=O)NC(CBr)CC(C)C)c1. The molecule has 0 saturated carbocycles. The van der Waals surface area contributed by atoms with Crippen molar-refractivity contribution in [1.29, 1.82) is 0 Å². The average Bonchev–Trinajstić information content (AvgIpc) is 2.37. The fraction of sp³-hybridized carbons (Fsp3) is 0.500. The van der Waals surface area contributed by atoms with Crippen molar-refractivity contribution < 1.29 is 14.6 Å². The van der Waals surface area contributed by atoms with E-state index >= 15 is 0 Å². The van der Waals surface area contributed by atoms with Crippen LogP contribution in [0.5, 0.6) is 11.5 Å². The molecule has 0 aliphatic carbocycles. The molecule has 1 rings (SSSR count). The zero-order chi connectivity index (χ0) is 14.4. The molecule has 0 aliphatic rings. The summed E-state index contributed by atoms with van der Waals surface area (Å²) in [5.41, 5.74) is 0.231. The highest BCUT2D eigenvalue weighted by molar-refractivity contribution is 9.09. The maximum absolute atomic E-state index is 12.1.